The number of benzene rings is 2. The van der Waals surface area contributed by atoms with Crippen molar-refractivity contribution < 1.29 is 10.7 Å². The van der Waals surface area contributed by atoms with Crippen molar-refractivity contribution in [2.45, 2.75) is 39.5 Å². The van der Waals surface area contributed by atoms with Crippen LogP contribution >= 0.6 is 0 Å². The first-order chi connectivity index (χ1) is 10.7. The Morgan fingerprint density at radius 1 is 1.00 bits per heavy atom. The molecule has 0 saturated carbocycles. The lowest BCUT2D eigenvalue weighted by molar-refractivity contribution is 0.318. The molecule has 0 heterocycles. The van der Waals surface area contributed by atoms with Crippen LogP contribution in [-0.2, 0) is 6.42 Å². The van der Waals surface area contributed by atoms with Crippen LogP contribution in [0.5, 0.6) is 0 Å². The molecule has 2 aromatic carbocycles. The quantitative estimate of drug-likeness (QED) is 0.289. The molecule has 0 bridgehead atoms. The highest BCUT2D eigenvalue weighted by molar-refractivity contribution is 5.96. The molecule has 0 aliphatic rings. The molecule has 0 aromatic heterocycles. The average Bonchev–Trinajstić information content (AvgIpc) is 2.57. The normalized spacial score (nSPS) is 10.3. The van der Waals surface area contributed by atoms with Crippen molar-refractivity contribution in [2.75, 3.05) is 0 Å². The molecule has 0 radical (unpaired) electrons. The zero-order chi connectivity index (χ0) is 16.2. The fraction of sp³-hybridized carbons (Fsp3) is 0.316. The largest absolute Gasteiger partial charge is 0.412 e. The summed E-state index contributed by atoms with van der Waals surface area (Å²) in [4.78, 5) is 0. The minimum absolute atomic E-state index is 0. The molecule has 0 amide bonds. The summed E-state index contributed by atoms with van der Waals surface area (Å²) in [5.41, 5.74) is 8.70. The van der Waals surface area contributed by atoms with E-state index in [9.17, 15) is 0 Å². The molecular weight excluding hydrogens is 288 g/mol. The Labute approximate surface area is 139 Å². The first-order valence-electron chi connectivity index (χ1n) is 7.75. The molecule has 0 unspecified atom stereocenters. The number of rotatable bonds is 5. The maximum atomic E-state index is 8.32. The highest BCUT2D eigenvalue weighted by Crippen LogP contribution is 2.05. The van der Waals surface area contributed by atoms with Crippen molar-refractivity contribution >= 4 is 5.84 Å². The summed E-state index contributed by atoms with van der Waals surface area (Å²) in [6, 6.07) is 18.1. The van der Waals surface area contributed by atoms with Gasteiger partial charge in [0.2, 0.25) is 0 Å². The van der Waals surface area contributed by atoms with Crippen LogP contribution in [0.3, 0.4) is 0 Å². The van der Waals surface area contributed by atoms with Gasteiger partial charge in [-0.15, -0.1) is 0 Å². The van der Waals surface area contributed by atoms with Crippen molar-refractivity contribution in [1.29, 1.82) is 0 Å². The van der Waals surface area contributed by atoms with Gasteiger partial charge in [-0.05, 0) is 25.3 Å². The predicted molar refractivity (Wildman–Crippen MR) is 97.0 cm³/mol. The van der Waals surface area contributed by atoms with Gasteiger partial charge < -0.3 is 16.4 Å². The van der Waals surface area contributed by atoms with Gasteiger partial charge in [0, 0.05) is 5.56 Å². The molecule has 23 heavy (non-hydrogen) atoms. The number of nitrogens with two attached hydrogens (primary N) is 1. The minimum atomic E-state index is 0. The van der Waals surface area contributed by atoms with E-state index in [4.69, 9.17) is 10.9 Å². The third-order valence-electron chi connectivity index (χ3n) is 3.37. The Bertz CT molecular complexity index is 551. The standard InChI is InChI=1S/C11H16.C8H10N2O.H2O/c1-2-3-5-8-11-9-6-4-7-10-11;1-6-2-4-7(5-3-6)8(9)10-11;/h4,6-7,9-10H,2-3,5,8H2,1H3;2-5,11H,1H3,(H2,9,10);1H2. The number of hydrogen-bond acceptors (Lipinski definition) is 2. The molecule has 4 heteroatoms. The minimum Gasteiger partial charge on any atom is -0.412 e. The van der Waals surface area contributed by atoms with E-state index in [1.807, 2.05) is 31.2 Å². The predicted octanol–water partition coefficient (Wildman–Crippen LogP) is 3.68. The Morgan fingerprint density at radius 2 is 1.61 bits per heavy atom. The first kappa shape index (κ1) is 20.7. The summed E-state index contributed by atoms with van der Waals surface area (Å²) >= 11 is 0. The SMILES string of the molecule is CCCCCc1ccccc1.Cc1ccc(/C(N)=N/O)cc1.O. The Hall–Kier alpha value is -2.33. The van der Waals surface area contributed by atoms with Crippen molar-refractivity contribution in [2.24, 2.45) is 10.9 Å². The molecule has 4 nitrogen and oxygen atoms in total. The second-order valence-corrected chi connectivity index (χ2v) is 5.29. The van der Waals surface area contributed by atoms with Crippen LogP contribution in [0.4, 0.5) is 0 Å². The summed E-state index contributed by atoms with van der Waals surface area (Å²) < 4.78 is 0. The lowest BCUT2D eigenvalue weighted by atomic mass is 10.1. The van der Waals surface area contributed by atoms with Crippen molar-refractivity contribution in [3.8, 4) is 0 Å². The highest BCUT2D eigenvalue weighted by Gasteiger charge is 1.95. The van der Waals surface area contributed by atoms with Gasteiger partial charge in [-0.2, -0.15) is 0 Å². The van der Waals surface area contributed by atoms with Crippen LogP contribution in [-0.4, -0.2) is 16.5 Å². The van der Waals surface area contributed by atoms with Crippen LogP contribution in [0.2, 0.25) is 0 Å². The molecule has 0 spiro atoms. The van der Waals surface area contributed by atoms with Gasteiger partial charge in [0.25, 0.3) is 0 Å². The van der Waals surface area contributed by atoms with Crippen LogP contribution in [0, 0.1) is 6.92 Å². The topological polar surface area (TPSA) is 90.1 Å². The highest BCUT2D eigenvalue weighted by atomic mass is 16.4. The van der Waals surface area contributed by atoms with E-state index < -0.39 is 0 Å². The zero-order valence-corrected chi connectivity index (χ0v) is 14.0. The van der Waals surface area contributed by atoms with E-state index in [0.29, 0.717) is 0 Å². The second kappa shape index (κ2) is 12.2. The Kier molecular flexibility index (Phi) is 11.0. The number of oxime groups is 1. The maximum Gasteiger partial charge on any atom is 0.170 e. The Balaban J connectivity index is 0.000000403. The van der Waals surface area contributed by atoms with Gasteiger partial charge in [-0.25, -0.2) is 0 Å². The lowest BCUT2D eigenvalue weighted by Gasteiger charge is -1.98. The average molecular weight is 316 g/mol. The number of nitrogens with zero attached hydrogens (tertiary/aromatic N) is 1. The number of unbranched alkanes of at least 4 members (excludes halogenated alkanes) is 2. The van der Waals surface area contributed by atoms with Gasteiger partial charge in [-0.1, -0.05) is 85.1 Å². The summed E-state index contributed by atoms with van der Waals surface area (Å²) in [5.74, 6) is 0.144. The maximum absolute atomic E-state index is 8.32. The fourth-order valence-electron chi connectivity index (χ4n) is 2.01. The zero-order valence-electron chi connectivity index (χ0n) is 14.0. The smallest absolute Gasteiger partial charge is 0.170 e. The summed E-state index contributed by atoms with van der Waals surface area (Å²) in [6.45, 7) is 4.22. The third-order valence-corrected chi connectivity index (χ3v) is 3.37. The van der Waals surface area contributed by atoms with E-state index in [0.717, 1.165) is 11.1 Å². The van der Waals surface area contributed by atoms with Crippen molar-refractivity contribution in [3.05, 3.63) is 71.3 Å². The Morgan fingerprint density at radius 3 is 2.13 bits per heavy atom. The molecule has 126 valence electrons. The number of amidine groups is 1. The van der Waals surface area contributed by atoms with Gasteiger partial charge in [0.15, 0.2) is 5.84 Å². The molecular formula is C19H28N2O2. The van der Waals surface area contributed by atoms with Gasteiger partial charge >= 0.3 is 0 Å². The molecule has 0 fully saturated rings. The summed E-state index contributed by atoms with van der Waals surface area (Å²) in [7, 11) is 0. The molecule has 2 aromatic rings. The van der Waals surface area contributed by atoms with Crippen LogP contribution in [0.25, 0.3) is 0 Å². The summed E-state index contributed by atoms with van der Waals surface area (Å²) in [6.07, 6.45) is 5.25. The molecule has 0 saturated heterocycles. The van der Waals surface area contributed by atoms with Crippen LogP contribution in [0.15, 0.2) is 59.8 Å². The first-order valence-corrected chi connectivity index (χ1v) is 7.75. The summed E-state index contributed by atoms with van der Waals surface area (Å²) in [5, 5.41) is 11.2. The van der Waals surface area contributed by atoms with E-state index in [-0.39, 0.29) is 11.3 Å². The van der Waals surface area contributed by atoms with Crippen molar-refractivity contribution in [3.63, 3.8) is 0 Å². The van der Waals surface area contributed by atoms with E-state index >= 15 is 0 Å². The van der Waals surface area contributed by atoms with E-state index in [1.54, 1.807) is 0 Å². The number of aryl methyl sites for hydroxylation is 2. The third kappa shape index (κ3) is 8.63. The van der Waals surface area contributed by atoms with Gasteiger partial charge in [0.05, 0.1) is 0 Å². The van der Waals surface area contributed by atoms with Crippen molar-refractivity contribution in [1.82, 2.24) is 0 Å². The molecule has 5 N–H and O–H groups in total. The fourth-order valence-corrected chi connectivity index (χ4v) is 2.01. The molecule has 0 aliphatic carbocycles. The second-order valence-electron chi connectivity index (χ2n) is 5.29. The van der Waals surface area contributed by atoms with Gasteiger partial charge in [-0.3, -0.25) is 0 Å². The molecule has 0 aliphatic heterocycles. The van der Waals surface area contributed by atoms with Crippen LogP contribution < -0.4 is 5.73 Å². The monoisotopic (exact) mass is 316 g/mol. The van der Waals surface area contributed by atoms with Gasteiger partial charge in [0.1, 0.15) is 0 Å². The van der Waals surface area contributed by atoms with Crippen LogP contribution in [0.1, 0.15) is 42.9 Å². The lowest BCUT2D eigenvalue weighted by Crippen LogP contribution is -2.12. The molecule has 2 rings (SSSR count). The molecule has 0 atom stereocenters. The number of hydrogen-bond donors (Lipinski definition) is 2. The van der Waals surface area contributed by atoms with E-state index in [2.05, 4.69) is 42.4 Å². The van der Waals surface area contributed by atoms with E-state index in [1.165, 1.54) is 31.2 Å².